The van der Waals surface area contributed by atoms with Gasteiger partial charge in [-0.2, -0.15) is 0 Å². The maximum atomic E-state index is 6.37. The van der Waals surface area contributed by atoms with E-state index in [1.807, 2.05) is 6.07 Å². The Bertz CT molecular complexity index is 542. The van der Waals surface area contributed by atoms with Crippen molar-refractivity contribution in [2.75, 3.05) is 0 Å². The molecule has 0 aliphatic heterocycles. The monoisotopic (exact) mass is 259 g/mol. The molecule has 0 radical (unpaired) electrons. The summed E-state index contributed by atoms with van der Waals surface area (Å²) in [5, 5.41) is 0. The van der Waals surface area contributed by atoms with Gasteiger partial charge in [-0.3, -0.25) is 0 Å². The molecule has 0 fully saturated rings. The van der Waals surface area contributed by atoms with E-state index in [1.54, 1.807) is 0 Å². The van der Waals surface area contributed by atoms with Crippen LogP contribution in [0.4, 0.5) is 0 Å². The van der Waals surface area contributed by atoms with Crippen LogP contribution in [0.5, 0.6) is 0 Å². The standard InChI is InChI=1S/C16H25N3/c1-5-12(4)19-15-9-7-6-8-14(15)18-16(19)13(17)10-11(2)3/h6-9,11-13H,5,10,17H2,1-4H3/t12-,13-/m1/s1. The Kier molecular flexibility index (Phi) is 4.25. The minimum atomic E-state index is 0.0152. The van der Waals surface area contributed by atoms with Crippen LogP contribution >= 0.6 is 0 Å². The smallest absolute Gasteiger partial charge is 0.127 e. The van der Waals surface area contributed by atoms with Crippen LogP contribution < -0.4 is 5.73 Å². The molecular formula is C16H25N3. The first-order valence-electron chi connectivity index (χ1n) is 7.27. The molecule has 0 aliphatic carbocycles. The summed E-state index contributed by atoms with van der Waals surface area (Å²) < 4.78 is 2.32. The van der Waals surface area contributed by atoms with E-state index >= 15 is 0 Å². The van der Waals surface area contributed by atoms with Crippen molar-refractivity contribution in [2.24, 2.45) is 11.7 Å². The second kappa shape index (κ2) is 5.74. The van der Waals surface area contributed by atoms with E-state index < -0.39 is 0 Å². The SMILES string of the molecule is CC[C@@H](C)n1c([C@H](N)CC(C)C)nc2ccccc21. The molecule has 2 aromatic rings. The molecule has 0 saturated heterocycles. The molecule has 0 aliphatic rings. The number of para-hydroxylation sites is 2. The number of aromatic nitrogens is 2. The zero-order valence-corrected chi connectivity index (χ0v) is 12.4. The molecular weight excluding hydrogens is 234 g/mol. The highest BCUT2D eigenvalue weighted by molar-refractivity contribution is 5.76. The van der Waals surface area contributed by atoms with Crippen molar-refractivity contribution < 1.29 is 0 Å². The third kappa shape index (κ3) is 2.81. The molecule has 0 bridgehead atoms. The van der Waals surface area contributed by atoms with Crippen molar-refractivity contribution in [1.29, 1.82) is 0 Å². The van der Waals surface area contributed by atoms with Crippen molar-refractivity contribution in [1.82, 2.24) is 9.55 Å². The second-order valence-corrected chi connectivity index (χ2v) is 5.82. The normalized spacial score (nSPS) is 15.1. The quantitative estimate of drug-likeness (QED) is 0.880. The Balaban J connectivity index is 2.52. The average molecular weight is 259 g/mol. The zero-order valence-electron chi connectivity index (χ0n) is 12.4. The number of imidazole rings is 1. The fraction of sp³-hybridized carbons (Fsp3) is 0.562. The Morgan fingerprint density at radius 3 is 2.53 bits per heavy atom. The number of benzene rings is 1. The van der Waals surface area contributed by atoms with E-state index in [0.717, 1.165) is 24.2 Å². The fourth-order valence-corrected chi connectivity index (χ4v) is 2.58. The Morgan fingerprint density at radius 2 is 1.89 bits per heavy atom. The summed E-state index contributed by atoms with van der Waals surface area (Å²) in [6.07, 6.45) is 2.06. The lowest BCUT2D eigenvalue weighted by Crippen LogP contribution is -2.20. The van der Waals surface area contributed by atoms with Crippen molar-refractivity contribution >= 4 is 11.0 Å². The summed E-state index contributed by atoms with van der Waals surface area (Å²) in [5.74, 6) is 1.62. The van der Waals surface area contributed by atoms with Gasteiger partial charge in [0.1, 0.15) is 5.82 Å². The van der Waals surface area contributed by atoms with Gasteiger partial charge in [-0.1, -0.05) is 32.9 Å². The van der Waals surface area contributed by atoms with Gasteiger partial charge in [0.25, 0.3) is 0 Å². The van der Waals surface area contributed by atoms with Crippen molar-refractivity contribution in [3.63, 3.8) is 0 Å². The molecule has 0 unspecified atom stereocenters. The lowest BCUT2D eigenvalue weighted by Gasteiger charge is -2.20. The molecule has 0 amide bonds. The first-order valence-corrected chi connectivity index (χ1v) is 7.27. The summed E-state index contributed by atoms with van der Waals surface area (Å²) in [6.45, 7) is 8.85. The van der Waals surface area contributed by atoms with E-state index in [4.69, 9.17) is 10.7 Å². The number of fused-ring (bicyclic) bond motifs is 1. The zero-order chi connectivity index (χ0) is 14.0. The highest BCUT2D eigenvalue weighted by atomic mass is 15.1. The van der Waals surface area contributed by atoms with E-state index in [1.165, 1.54) is 5.52 Å². The Labute approximate surface area is 115 Å². The van der Waals surface area contributed by atoms with Crippen LogP contribution in [0.3, 0.4) is 0 Å². The van der Waals surface area contributed by atoms with E-state index in [9.17, 15) is 0 Å². The first-order chi connectivity index (χ1) is 9.04. The van der Waals surface area contributed by atoms with Gasteiger partial charge in [0.05, 0.1) is 17.1 Å². The summed E-state index contributed by atoms with van der Waals surface area (Å²) >= 11 is 0. The van der Waals surface area contributed by atoms with Gasteiger partial charge in [0.15, 0.2) is 0 Å². The molecule has 104 valence electrons. The van der Waals surface area contributed by atoms with Gasteiger partial charge in [0, 0.05) is 6.04 Å². The minimum Gasteiger partial charge on any atom is -0.324 e. The summed E-state index contributed by atoms with van der Waals surface area (Å²) in [5.41, 5.74) is 8.62. The van der Waals surface area contributed by atoms with Crippen LogP contribution in [-0.4, -0.2) is 9.55 Å². The fourth-order valence-electron chi connectivity index (χ4n) is 2.58. The van der Waals surface area contributed by atoms with Crippen LogP contribution in [-0.2, 0) is 0 Å². The maximum absolute atomic E-state index is 6.37. The van der Waals surface area contributed by atoms with Crippen LogP contribution in [0.2, 0.25) is 0 Å². The topological polar surface area (TPSA) is 43.8 Å². The predicted molar refractivity (Wildman–Crippen MR) is 81.1 cm³/mol. The lowest BCUT2D eigenvalue weighted by atomic mass is 10.0. The summed E-state index contributed by atoms with van der Waals surface area (Å²) in [7, 11) is 0. The molecule has 2 atom stereocenters. The molecule has 3 nitrogen and oxygen atoms in total. The molecule has 0 saturated carbocycles. The molecule has 3 heteroatoms. The van der Waals surface area contributed by atoms with Gasteiger partial charge in [0.2, 0.25) is 0 Å². The molecule has 2 rings (SSSR count). The van der Waals surface area contributed by atoms with Gasteiger partial charge in [-0.15, -0.1) is 0 Å². The van der Waals surface area contributed by atoms with Crippen LogP contribution in [0.15, 0.2) is 24.3 Å². The minimum absolute atomic E-state index is 0.0152. The van der Waals surface area contributed by atoms with Crippen molar-refractivity contribution in [2.45, 2.75) is 52.6 Å². The van der Waals surface area contributed by atoms with Gasteiger partial charge >= 0.3 is 0 Å². The van der Waals surface area contributed by atoms with Gasteiger partial charge in [-0.05, 0) is 37.8 Å². The summed E-state index contributed by atoms with van der Waals surface area (Å²) in [6, 6.07) is 8.76. The van der Waals surface area contributed by atoms with E-state index in [-0.39, 0.29) is 6.04 Å². The van der Waals surface area contributed by atoms with Crippen LogP contribution in [0.1, 0.15) is 58.4 Å². The van der Waals surface area contributed by atoms with Gasteiger partial charge in [-0.25, -0.2) is 4.98 Å². The van der Waals surface area contributed by atoms with E-state index in [0.29, 0.717) is 12.0 Å². The second-order valence-electron chi connectivity index (χ2n) is 5.82. The van der Waals surface area contributed by atoms with Crippen molar-refractivity contribution in [3.8, 4) is 0 Å². The molecule has 1 aromatic heterocycles. The molecule has 0 spiro atoms. The van der Waals surface area contributed by atoms with E-state index in [2.05, 4.69) is 50.5 Å². The largest absolute Gasteiger partial charge is 0.324 e. The van der Waals surface area contributed by atoms with Crippen LogP contribution in [0, 0.1) is 5.92 Å². The molecule has 1 heterocycles. The third-order valence-corrected chi connectivity index (χ3v) is 3.71. The molecule has 2 N–H and O–H groups in total. The number of rotatable bonds is 5. The highest BCUT2D eigenvalue weighted by Gasteiger charge is 2.20. The number of nitrogens with zero attached hydrogens (tertiary/aromatic N) is 2. The molecule has 19 heavy (non-hydrogen) atoms. The Morgan fingerprint density at radius 1 is 1.21 bits per heavy atom. The van der Waals surface area contributed by atoms with Crippen LogP contribution in [0.25, 0.3) is 11.0 Å². The highest BCUT2D eigenvalue weighted by Crippen LogP contribution is 2.28. The number of hydrogen-bond acceptors (Lipinski definition) is 2. The maximum Gasteiger partial charge on any atom is 0.127 e. The Hall–Kier alpha value is -1.35. The average Bonchev–Trinajstić information content (AvgIpc) is 2.76. The third-order valence-electron chi connectivity index (χ3n) is 3.71. The van der Waals surface area contributed by atoms with Crippen molar-refractivity contribution in [3.05, 3.63) is 30.1 Å². The summed E-state index contributed by atoms with van der Waals surface area (Å²) in [4.78, 5) is 4.77. The predicted octanol–water partition coefficient (Wildman–Crippen LogP) is 4.05. The molecule has 1 aromatic carbocycles. The van der Waals surface area contributed by atoms with Gasteiger partial charge < -0.3 is 10.3 Å². The lowest BCUT2D eigenvalue weighted by molar-refractivity contribution is 0.448. The first kappa shape index (κ1) is 14.1. The number of nitrogens with two attached hydrogens (primary N) is 1. The number of hydrogen-bond donors (Lipinski definition) is 1.